The van der Waals surface area contributed by atoms with Crippen LogP contribution >= 0.6 is 0 Å². The van der Waals surface area contributed by atoms with Gasteiger partial charge in [0.05, 0.1) is 23.0 Å². The Bertz CT molecular complexity index is 1320. The summed E-state index contributed by atoms with van der Waals surface area (Å²) in [5, 5.41) is 15.0. The van der Waals surface area contributed by atoms with E-state index in [2.05, 4.69) is 10.2 Å². The van der Waals surface area contributed by atoms with Crippen LogP contribution in [0.1, 0.15) is 6.42 Å². The molecule has 0 bridgehead atoms. The Morgan fingerprint density at radius 2 is 1.92 bits per heavy atom. The predicted octanol–water partition coefficient (Wildman–Crippen LogP) is 2.51. The summed E-state index contributed by atoms with van der Waals surface area (Å²) in [6.07, 6.45) is 6.28. The quantitative estimate of drug-likeness (QED) is 0.248. The van der Waals surface area contributed by atoms with Gasteiger partial charge in [0.2, 0.25) is 20.7 Å². The molecule has 11 nitrogen and oxygen atoms in total. The second-order valence-electron chi connectivity index (χ2n) is 8.93. The van der Waals surface area contributed by atoms with Gasteiger partial charge in [-0.25, -0.2) is 8.42 Å². The molecule has 2 aromatic carbocycles. The molecule has 2 aromatic rings. The van der Waals surface area contributed by atoms with Gasteiger partial charge < -0.3 is 20.5 Å². The van der Waals surface area contributed by atoms with E-state index in [1.165, 1.54) is 36.4 Å². The predicted molar refractivity (Wildman–Crippen MR) is 141 cm³/mol. The second kappa shape index (κ2) is 11.8. The first-order valence-electron chi connectivity index (χ1n) is 12.2. The van der Waals surface area contributed by atoms with E-state index in [1.54, 1.807) is 30.3 Å². The number of hydrogen-bond acceptors (Lipinski definition) is 9. The van der Waals surface area contributed by atoms with Crippen LogP contribution in [-0.2, 0) is 19.4 Å². The SMILES string of the molecule is NC(=O)C1C=CC=CC1(Oc1ccccc1)S(=O)(=O)c1ccc(NCCCN2CCOCC2)c([N+](=O)[O-])c1. The molecule has 2 aliphatic rings. The molecule has 1 amide bonds. The lowest BCUT2D eigenvalue weighted by Gasteiger charge is -2.36. The van der Waals surface area contributed by atoms with Crippen LogP contribution in [0.5, 0.6) is 5.75 Å². The number of carbonyl (C=O) groups excluding carboxylic acids is 1. The van der Waals surface area contributed by atoms with Gasteiger partial charge in [0, 0.05) is 25.7 Å². The van der Waals surface area contributed by atoms with Crippen LogP contribution in [-0.4, -0.2) is 68.5 Å². The monoisotopic (exact) mass is 542 g/mol. The summed E-state index contributed by atoms with van der Waals surface area (Å²) < 4.78 is 39.5. The second-order valence-corrected chi connectivity index (χ2v) is 11.1. The molecule has 0 aromatic heterocycles. The van der Waals surface area contributed by atoms with Crippen LogP contribution in [0.15, 0.2) is 77.7 Å². The Hall–Kier alpha value is -3.74. The minimum Gasteiger partial charge on any atom is -0.466 e. The summed E-state index contributed by atoms with van der Waals surface area (Å²) in [6, 6.07) is 11.8. The third-order valence-corrected chi connectivity index (χ3v) is 8.66. The van der Waals surface area contributed by atoms with E-state index in [0.29, 0.717) is 19.8 Å². The number of nitrogens with one attached hydrogen (secondary N) is 1. The molecule has 12 heteroatoms. The average molecular weight is 543 g/mol. The molecule has 1 fully saturated rings. The summed E-state index contributed by atoms with van der Waals surface area (Å²) in [6.45, 7) is 4.33. The number of nitrogens with zero attached hydrogens (tertiary/aromatic N) is 2. The van der Waals surface area contributed by atoms with E-state index in [-0.39, 0.29) is 16.3 Å². The number of para-hydroxylation sites is 1. The highest BCUT2D eigenvalue weighted by atomic mass is 32.2. The molecule has 0 saturated carbocycles. The van der Waals surface area contributed by atoms with Gasteiger partial charge in [-0.3, -0.25) is 19.8 Å². The largest absolute Gasteiger partial charge is 0.466 e. The van der Waals surface area contributed by atoms with Crippen molar-refractivity contribution in [1.29, 1.82) is 0 Å². The Balaban J connectivity index is 1.63. The molecule has 38 heavy (non-hydrogen) atoms. The summed E-state index contributed by atoms with van der Waals surface area (Å²) in [4.78, 5) is 23.3. The van der Waals surface area contributed by atoms with E-state index >= 15 is 0 Å². The Morgan fingerprint density at radius 1 is 1.18 bits per heavy atom. The fourth-order valence-electron chi connectivity index (χ4n) is 4.49. The number of hydrogen-bond donors (Lipinski definition) is 2. The number of ether oxygens (including phenoxy) is 2. The van der Waals surface area contributed by atoms with Crippen LogP contribution in [0, 0.1) is 16.0 Å². The van der Waals surface area contributed by atoms with E-state index in [0.717, 1.165) is 32.1 Å². The summed E-state index contributed by atoms with van der Waals surface area (Å²) in [5.74, 6) is -2.11. The zero-order chi connectivity index (χ0) is 27.2. The van der Waals surface area contributed by atoms with Gasteiger partial charge in [-0.15, -0.1) is 0 Å². The number of anilines is 1. The number of carbonyl (C=O) groups is 1. The number of sulfone groups is 1. The van der Waals surface area contributed by atoms with Crippen LogP contribution in [0.25, 0.3) is 0 Å². The molecule has 3 N–H and O–H groups in total. The third-order valence-electron chi connectivity index (χ3n) is 6.47. The third kappa shape index (κ3) is 5.72. The van der Waals surface area contributed by atoms with E-state index in [4.69, 9.17) is 15.2 Å². The minimum atomic E-state index is -4.54. The average Bonchev–Trinajstić information content (AvgIpc) is 2.92. The number of amides is 1. The molecule has 2 unspecified atom stereocenters. The zero-order valence-electron chi connectivity index (χ0n) is 20.7. The van der Waals surface area contributed by atoms with Gasteiger partial charge in [-0.1, -0.05) is 36.4 Å². The van der Waals surface area contributed by atoms with E-state index < -0.39 is 37.2 Å². The number of benzene rings is 2. The van der Waals surface area contributed by atoms with Gasteiger partial charge in [0.15, 0.2) is 0 Å². The van der Waals surface area contributed by atoms with Gasteiger partial charge in [-0.2, -0.15) is 0 Å². The van der Waals surface area contributed by atoms with Crippen molar-refractivity contribution in [3.05, 3.63) is 82.9 Å². The van der Waals surface area contributed by atoms with Gasteiger partial charge in [0.1, 0.15) is 17.4 Å². The first-order valence-corrected chi connectivity index (χ1v) is 13.7. The molecule has 1 aliphatic carbocycles. The molecular formula is C26H30N4O7S. The maximum Gasteiger partial charge on any atom is 0.293 e. The van der Waals surface area contributed by atoms with Crippen molar-refractivity contribution in [3.63, 3.8) is 0 Å². The van der Waals surface area contributed by atoms with Crippen molar-refractivity contribution in [2.24, 2.45) is 11.7 Å². The fraction of sp³-hybridized carbons (Fsp3) is 0.346. The first-order chi connectivity index (χ1) is 18.2. The van der Waals surface area contributed by atoms with Gasteiger partial charge >= 0.3 is 0 Å². The zero-order valence-corrected chi connectivity index (χ0v) is 21.5. The molecule has 1 aliphatic heterocycles. The minimum absolute atomic E-state index is 0.190. The lowest BCUT2D eigenvalue weighted by molar-refractivity contribution is -0.384. The van der Waals surface area contributed by atoms with Crippen LogP contribution in [0.3, 0.4) is 0 Å². The molecule has 2 atom stereocenters. The maximum atomic E-state index is 14.1. The van der Waals surface area contributed by atoms with Gasteiger partial charge in [0.25, 0.3) is 5.69 Å². The highest BCUT2D eigenvalue weighted by Crippen LogP contribution is 2.41. The Kier molecular flexibility index (Phi) is 8.45. The fourth-order valence-corrected chi connectivity index (χ4v) is 6.37. The number of primary amides is 1. The summed E-state index contributed by atoms with van der Waals surface area (Å²) in [5.41, 5.74) is 5.39. The lowest BCUT2D eigenvalue weighted by Crippen LogP contribution is -2.53. The normalized spacial score (nSPS) is 21.6. The smallest absolute Gasteiger partial charge is 0.293 e. The van der Waals surface area contributed by atoms with Crippen LogP contribution in [0.4, 0.5) is 11.4 Å². The lowest BCUT2D eigenvalue weighted by atomic mass is 9.96. The number of nitro benzene ring substituents is 1. The molecule has 1 saturated heterocycles. The molecule has 0 radical (unpaired) electrons. The van der Waals surface area contributed by atoms with Crippen LogP contribution in [0.2, 0.25) is 0 Å². The number of allylic oxidation sites excluding steroid dienone is 2. The van der Waals surface area contributed by atoms with Gasteiger partial charge in [-0.05, 0) is 43.3 Å². The molecule has 1 heterocycles. The topological polar surface area (TPSA) is 154 Å². The highest BCUT2D eigenvalue weighted by molar-refractivity contribution is 7.93. The number of rotatable bonds is 11. The summed E-state index contributed by atoms with van der Waals surface area (Å²) in [7, 11) is -4.54. The number of nitrogens with two attached hydrogens (primary N) is 1. The van der Waals surface area contributed by atoms with Crippen LogP contribution < -0.4 is 15.8 Å². The van der Waals surface area contributed by atoms with Crippen molar-refractivity contribution in [3.8, 4) is 5.75 Å². The van der Waals surface area contributed by atoms with Crippen molar-refractivity contribution >= 4 is 27.1 Å². The molecule has 4 rings (SSSR count). The van der Waals surface area contributed by atoms with Crippen molar-refractivity contribution in [2.75, 3.05) is 44.7 Å². The van der Waals surface area contributed by atoms with E-state index in [9.17, 15) is 23.3 Å². The molecule has 202 valence electrons. The van der Waals surface area contributed by atoms with Crippen molar-refractivity contribution < 1.29 is 27.6 Å². The Morgan fingerprint density at radius 3 is 2.61 bits per heavy atom. The molecular weight excluding hydrogens is 512 g/mol. The standard InChI is InChI=1S/C26H30N4O7S/c27-25(31)22-9-4-5-12-26(22,37-20-7-2-1-3-8-20)38(34,35)21-10-11-23(24(19-21)30(32)33)28-13-6-14-29-15-17-36-18-16-29/h1-5,7-12,19,22,28H,6,13-18H2,(H2,27,31). The van der Waals surface area contributed by atoms with Crippen molar-refractivity contribution in [1.82, 2.24) is 4.90 Å². The Labute approximate surface area is 221 Å². The highest BCUT2D eigenvalue weighted by Gasteiger charge is 2.54. The van der Waals surface area contributed by atoms with E-state index in [1.807, 2.05) is 0 Å². The number of morpholine rings is 1. The van der Waals surface area contributed by atoms with Crippen molar-refractivity contribution in [2.45, 2.75) is 16.2 Å². The number of nitro groups is 1. The first kappa shape index (κ1) is 27.3. The summed E-state index contributed by atoms with van der Waals surface area (Å²) >= 11 is 0. The maximum absolute atomic E-state index is 14.1. The molecule has 0 spiro atoms.